The predicted molar refractivity (Wildman–Crippen MR) is 54.7 cm³/mol. The summed E-state index contributed by atoms with van der Waals surface area (Å²) >= 11 is 0. The maximum atomic E-state index is 6.04. The van der Waals surface area contributed by atoms with E-state index < -0.39 is 0 Å². The molecule has 0 aromatic rings. The predicted octanol–water partition coefficient (Wildman–Crippen LogP) is 3.38. The molecule has 1 aliphatic heterocycles. The Morgan fingerprint density at radius 3 is 2.23 bits per heavy atom. The molecular weight excluding hydrogens is 160 g/mol. The number of hydrogen-bond donors (Lipinski definition) is 0. The van der Waals surface area contributed by atoms with E-state index in [4.69, 9.17) is 4.74 Å². The van der Waals surface area contributed by atoms with Crippen LogP contribution in [0.3, 0.4) is 0 Å². The van der Waals surface area contributed by atoms with Gasteiger partial charge in [0.05, 0.1) is 12.2 Å². The highest BCUT2D eigenvalue weighted by Gasteiger charge is 2.45. The molecule has 2 aliphatic rings. The second kappa shape index (κ2) is 2.98. The number of rotatable bonds is 0. The second-order valence-corrected chi connectivity index (χ2v) is 5.97. The molecule has 13 heavy (non-hydrogen) atoms. The fraction of sp³-hybridized carbons (Fsp3) is 1.00. The normalized spacial score (nSPS) is 33.0. The van der Waals surface area contributed by atoms with Gasteiger partial charge in [0.1, 0.15) is 0 Å². The van der Waals surface area contributed by atoms with Gasteiger partial charge in [-0.05, 0) is 30.6 Å². The molecule has 0 bridgehead atoms. The molecule has 0 N–H and O–H groups in total. The Balaban J connectivity index is 2.01. The van der Waals surface area contributed by atoms with Gasteiger partial charge in [0.25, 0.3) is 0 Å². The summed E-state index contributed by atoms with van der Waals surface area (Å²) in [5, 5.41) is 0. The summed E-state index contributed by atoms with van der Waals surface area (Å²) in [6.07, 6.45) is 6.73. The Bertz CT molecular complexity index is 184. The van der Waals surface area contributed by atoms with Crippen LogP contribution in [0.25, 0.3) is 0 Å². The molecule has 0 amide bonds. The van der Waals surface area contributed by atoms with Crippen LogP contribution in [0, 0.1) is 11.3 Å². The number of ether oxygens (including phenoxy) is 1. The maximum absolute atomic E-state index is 6.04. The Labute approximate surface area is 81.9 Å². The van der Waals surface area contributed by atoms with Crippen LogP contribution in [0.15, 0.2) is 0 Å². The molecule has 0 aromatic heterocycles. The van der Waals surface area contributed by atoms with E-state index in [0.717, 1.165) is 12.5 Å². The van der Waals surface area contributed by atoms with Gasteiger partial charge >= 0.3 is 0 Å². The molecule has 76 valence electrons. The van der Waals surface area contributed by atoms with Crippen molar-refractivity contribution in [3.8, 4) is 0 Å². The van der Waals surface area contributed by atoms with Crippen LogP contribution in [-0.2, 0) is 4.74 Å². The molecule has 0 radical (unpaired) electrons. The summed E-state index contributed by atoms with van der Waals surface area (Å²) in [7, 11) is 0. The van der Waals surface area contributed by atoms with Crippen molar-refractivity contribution in [2.24, 2.45) is 11.3 Å². The third kappa shape index (κ3) is 1.76. The molecule has 1 heteroatoms. The lowest BCUT2D eigenvalue weighted by atomic mass is 9.77. The summed E-state index contributed by atoms with van der Waals surface area (Å²) in [6.45, 7) is 8.03. The van der Waals surface area contributed by atoms with Crippen molar-refractivity contribution < 1.29 is 4.74 Å². The van der Waals surface area contributed by atoms with Crippen LogP contribution in [0.4, 0.5) is 0 Å². The van der Waals surface area contributed by atoms with E-state index in [2.05, 4.69) is 20.8 Å². The lowest BCUT2D eigenvalue weighted by Crippen LogP contribution is -2.25. The van der Waals surface area contributed by atoms with Gasteiger partial charge in [-0.3, -0.25) is 0 Å². The zero-order valence-electron chi connectivity index (χ0n) is 9.23. The average Bonchev–Trinajstić information content (AvgIpc) is 2.60. The Kier molecular flexibility index (Phi) is 2.18. The SMILES string of the molecule is CC(C)(C)C1COC2(CCCC2)C1. The highest BCUT2D eigenvalue weighted by molar-refractivity contribution is 4.95. The molecular formula is C12H22O. The lowest BCUT2D eigenvalue weighted by molar-refractivity contribution is 0.00791. The largest absolute Gasteiger partial charge is 0.375 e. The summed E-state index contributed by atoms with van der Waals surface area (Å²) in [5.74, 6) is 0.783. The molecule has 1 spiro atoms. The lowest BCUT2D eigenvalue weighted by Gasteiger charge is -2.27. The van der Waals surface area contributed by atoms with Crippen LogP contribution in [0.1, 0.15) is 52.9 Å². The maximum Gasteiger partial charge on any atom is 0.0686 e. The van der Waals surface area contributed by atoms with Crippen molar-refractivity contribution in [1.82, 2.24) is 0 Å². The molecule has 1 saturated carbocycles. The van der Waals surface area contributed by atoms with Crippen molar-refractivity contribution >= 4 is 0 Å². The van der Waals surface area contributed by atoms with Crippen LogP contribution < -0.4 is 0 Å². The highest BCUT2D eigenvalue weighted by Crippen LogP contribution is 2.47. The molecule has 2 fully saturated rings. The minimum Gasteiger partial charge on any atom is -0.375 e. The minimum absolute atomic E-state index is 0.317. The molecule has 1 aliphatic carbocycles. The van der Waals surface area contributed by atoms with Gasteiger partial charge in [0.2, 0.25) is 0 Å². The van der Waals surface area contributed by atoms with E-state index in [0.29, 0.717) is 11.0 Å². The van der Waals surface area contributed by atoms with Gasteiger partial charge in [0, 0.05) is 0 Å². The van der Waals surface area contributed by atoms with E-state index in [-0.39, 0.29) is 0 Å². The van der Waals surface area contributed by atoms with Gasteiger partial charge in [-0.1, -0.05) is 33.6 Å². The molecule has 1 atom stereocenters. The van der Waals surface area contributed by atoms with E-state index in [1.54, 1.807) is 0 Å². The molecule has 0 aromatic carbocycles. The fourth-order valence-corrected chi connectivity index (χ4v) is 2.77. The van der Waals surface area contributed by atoms with Crippen LogP contribution in [0.5, 0.6) is 0 Å². The Morgan fingerprint density at radius 1 is 1.15 bits per heavy atom. The summed E-state index contributed by atoms with van der Waals surface area (Å²) in [4.78, 5) is 0. The second-order valence-electron chi connectivity index (χ2n) is 5.97. The van der Waals surface area contributed by atoms with Gasteiger partial charge in [-0.2, -0.15) is 0 Å². The first-order chi connectivity index (χ1) is 6.02. The molecule has 2 rings (SSSR count). The summed E-state index contributed by atoms with van der Waals surface area (Å²) in [5.41, 5.74) is 0.754. The zero-order chi connectivity index (χ0) is 9.53. The number of hydrogen-bond acceptors (Lipinski definition) is 1. The smallest absolute Gasteiger partial charge is 0.0686 e. The fourth-order valence-electron chi connectivity index (χ4n) is 2.77. The molecule has 1 saturated heterocycles. The van der Waals surface area contributed by atoms with Crippen molar-refractivity contribution in [2.75, 3.05) is 6.61 Å². The van der Waals surface area contributed by atoms with E-state index in [9.17, 15) is 0 Å². The summed E-state index contributed by atoms with van der Waals surface area (Å²) < 4.78 is 6.04. The Hall–Kier alpha value is -0.0400. The van der Waals surface area contributed by atoms with Gasteiger partial charge in [-0.15, -0.1) is 0 Å². The van der Waals surface area contributed by atoms with E-state index in [1.807, 2.05) is 0 Å². The van der Waals surface area contributed by atoms with E-state index >= 15 is 0 Å². The van der Waals surface area contributed by atoms with Gasteiger partial charge in [0.15, 0.2) is 0 Å². The van der Waals surface area contributed by atoms with Crippen LogP contribution in [-0.4, -0.2) is 12.2 Å². The first kappa shape index (κ1) is 9.51. The van der Waals surface area contributed by atoms with Crippen LogP contribution in [0.2, 0.25) is 0 Å². The standard InChI is InChI=1S/C12H22O/c1-11(2,3)10-8-12(13-9-10)6-4-5-7-12/h10H,4-9H2,1-3H3. The zero-order valence-corrected chi connectivity index (χ0v) is 9.23. The minimum atomic E-state index is 0.317. The van der Waals surface area contributed by atoms with Gasteiger partial charge < -0.3 is 4.74 Å². The third-order valence-corrected chi connectivity index (χ3v) is 3.95. The first-order valence-corrected chi connectivity index (χ1v) is 5.66. The monoisotopic (exact) mass is 182 g/mol. The van der Waals surface area contributed by atoms with Crippen molar-refractivity contribution in [1.29, 1.82) is 0 Å². The topological polar surface area (TPSA) is 9.23 Å². The Morgan fingerprint density at radius 2 is 1.77 bits per heavy atom. The molecule has 1 heterocycles. The van der Waals surface area contributed by atoms with Gasteiger partial charge in [-0.25, -0.2) is 0 Å². The molecule has 1 unspecified atom stereocenters. The summed E-state index contributed by atoms with van der Waals surface area (Å²) in [6, 6.07) is 0. The van der Waals surface area contributed by atoms with Crippen molar-refractivity contribution in [2.45, 2.75) is 58.5 Å². The first-order valence-electron chi connectivity index (χ1n) is 5.66. The molecule has 1 nitrogen and oxygen atoms in total. The van der Waals surface area contributed by atoms with Crippen molar-refractivity contribution in [3.05, 3.63) is 0 Å². The third-order valence-electron chi connectivity index (χ3n) is 3.95. The van der Waals surface area contributed by atoms with Crippen molar-refractivity contribution in [3.63, 3.8) is 0 Å². The van der Waals surface area contributed by atoms with Crippen LogP contribution >= 0.6 is 0 Å². The quantitative estimate of drug-likeness (QED) is 0.558. The highest BCUT2D eigenvalue weighted by atomic mass is 16.5. The van der Waals surface area contributed by atoms with E-state index in [1.165, 1.54) is 32.1 Å². The average molecular weight is 182 g/mol.